The van der Waals surface area contributed by atoms with E-state index in [0.717, 1.165) is 79.0 Å². The Kier molecular flexibility index (Phi) is 6.74. The number of imidazole rings is 1. The van der Waals surface area contributed by atoms with Gasteiger partial charge in [-0.15, -0.1) is 12.4 Å². The Hall–Kier alpha value is -2.62. The quantitative estimate of drug-likeness (QED) is 0.493. The largest absolute Gasteiger partial charge is 0.378 e. The summed E-state index contributed by atoms with van der Waals surface area (Å²) in [5, 5.41) is 10.8. The zero-order valence-electron chi connectivity index (χ0n) is 20.5. The van der Waals surface area contributed by atoms with E-state index < -0.39 is 5.66 Å². The Balaban J connectivity index is 0.00000253. The number of halogens is 1. The van der Waals surface area contributed by atoms with Gasteiger partial charge in [-0.1, -0.05) is 19.1 Å². The van der Waals surface area contributed by atoms with Crippen molar-refractivity contribution in [1.29, 1.82) is 0 Å². The topological polar surface area (TPSA) is 92.2 Å². The van der Waals surface area contributed by atoms with Gasteiger partial charge < -0.3 is 30.2 Å². The highest BCUT2D eigenvalue weighted by Crippen LogP contribution is 2.41. The Morgan fingerprint density at radius 3 is 2.37 bits per heavy atom. The van der Waals surface area contributed by atoms with E-state index in [1.54, 1.807) is 0 Å². The normalized spacial score (nSPS) is 19.7. The van der Waals surface area contributed by atoms with Gasteiger partial charge in [0.25, 0.3) is 0 Å². The summed E-state index contributed by atoms with van der Waals surface area (Å²) < 4.78 is 7.83. The van der Waals surface area contributed by atoms with Crippen molar-refractivity contribution in [3.8, 4) is 0 Å². The Labute approximate surface area is 212 Å². The molecule has 0 atom stereocenters. The molecule has 3 aliphatic heterocycles. The van der Waals surface area contributed by atoms with Crippen LogP contribution in [0.3, 0.4) is 0 Å². The molecule has 0 aliphatic carbocycles. The van der Waals surface area contributed by atoms with Crippen molar-refractivity contribution in [2.24, 2.45) is 13.0 Å². The van der Waals surface area contributed by atoms with Crippen LogP contribution in [0.2, 0.25) is 0 Å². The van der Waals surface area contributed by atoms with Crippen molar-refractivity contribution in [2.75, 3.05) is 54.9 Å². The number of nitrogens with zero attached hydrogens (tertiary/aromatic N) is 5. The lowest BCUT2D eigenvalue weighted by Gasteiger charge is -2.31. The number of piperidine rings is 1. The molecule has 188 valence electrons. The minimum Gasteiger partial charge on any atom is -0.378 e. The second kappa shape index (κ2) is 9.79. The van der Waals surface area contributed by atoms with E-state index in [4.69, 9.17) is 19.7 Å². The van der Waals surface area contributed by atoms with Crippen molar-refractivity contribution in [3.05, 3.63) is 35.9 Å². The van der Waals surface area contributed by atoms with Gasteiger partial charge in [0.1, 0.15) is 5.82 Å². The zero-order chi connectivity index (χ0) is 23.1. The van der Waals surface area contributed by atoms with Crippen LogP contribution in [0.25, 0.3) is 11.2 Å². The Bertz CT molecular complexity index is 1160. The summed E-state index contributed by atoms with van der Waals surface area (Å²) in [4.78, 5) is 17.8. The molecule has 2 aromatic heterocycles. The number of para-hydroxylation sites is 2. The van der Waals surface area contributed by atoms with E-state index in [0.29, 0.717) is 19.1 Å². The van der Waals surface area contributed by atoms with Gasteiger partial charge >= 0.3 is 0 Å². The molecule has 0 radical (unpaired) electrons. The average Bonchev–Trinajstić information content (AvgIpc) is 3.43. The summed E-state index contributed by atoms with van der Waals surface area (Å²) >= 11 is 0. The third kappa shape index (κ3) is 4.30. The summed E-state index contributed by atoms with van der Waals surface area (Å²) in [5.74, 6) is 3.44. The third-order valence-corrected chi connectivity index (χ3v) is 7.57. The maximum atomic E-state index is 5.63. The number of nitrogens with one attached hydrogen (secondary N) is 3. The standard InChI is InChI=1S/C25H34N8O.ClH/c1-3-25(30-18-6-4-5-7-19(18)31-25)24-28-22-21(23(29-24)33-12-14-34-15-13-33)27-20(32(22)2)16-17-8-10-26-11-9-17;/h4-7,17,26,30-31H,3,8-16H2,1-2H3;1H. The number of morpholine rings is 1. The van der Waals surface area contributed by atoms with Crippen LogP contribution >= 0.6 is 12.4 Å². The van der Waals surface area contributed by atoms with Crippen LogP contribution in [0.1, 0.15) is 37.8 Å². The fourth-order valence-corrected chi connectivity index (χ4v) is 5.44. The molecule has 35 heavy (non-hydrogen) atoms. The SMILES string of the molecule is CCC1(c2nc(N3CCOCC3)c3nc(CC4CCNCC4)n(C)c3n2)Nc2ccccc2N1.Cl. The maximum Gasteiger partial charge on any atom is 0.179 e. The van der Waals surface area contributed by atoms with Crippen LogP contribution < -0.4 is 20.9 Å². The molecule has 0 unspecified atom stereocenters. The van der Waals surface area contributed by atoms with Gasteiger partial charge in [0, 0.05) is 26.6 Å². The summed E-state index contributed by atoms with van der Waals surface area (Å²) in [6, 6.07) is 8.30. The first-order valence-electron chi connectivity index (χ1n) is 12.6. The minimum atomic E-state index is -0.557. The van der Waals surface area contributed by atoms with Crippen LogP contribution in [0.15, 0.2) is 24.3 Å². The van der Waals surface area contributed by atoms with Crippen molar-refractivity contribution in [2.45, 2.75) is 38.3 Å². The van der Waals surface area contributed by atoms with E-state index in [1.165, 1.54) is 12.8 Å². The molecule has 6 rings (SSSR count). The molecule has 0 saturated carbocycles. The number of hydrogen-bond donors (Lipinski definition) is 3. The number of benzene rings is 1. The molecule has 10 heteroatoms. The maximum absolute atomic E-state index is 5.63. The molecular formula is C25H35ClN8O. The number of rotatable bonds is 5. The summed E-state index contributed by atoms with van der Waals surface area (Å²) in [6.07, 6.45) is 4.17. The molecule has 2 saturated heterocycles. The lowest BCUT2D eigenvalue weighted by atomic mass is 9.94. The Morgan fingerprint density at radius 2 is 1.71 bits per heavy atom. The van der Waals surface area contributed by atoms with Crippen molar-refractivity contribution in [3.63, 3.8) is 0 Å². The first-order chi connectivity index (χ1) is 16.7. The average molecular weight is 499 g/mol. The van der Waals surface area contributed by atoms with Crippen molar-refractivity contribution in [1.82, 2.24) is 24.8 Å². The number of aryl methyl sites for hydroxylation is 1. The molecule has 1 aromatic carbocycles. The molecular weight excluding hydrogens is 464 g/mol. The van der Waals surface area contributed by atoms with E-state index >= 15 is 0 Å². The summed E-state index contributed by atoms with van der Waals surface area (Å²) in [6.45, 7) is 7.38. The molecule has 9 nitrogen and oxygen atoms in total. The molecule has 3 N–H and O–H groups in total. The van der Waals surface area contributed by atoms with Crippen LogP contribution in [-0.2, 0) is 23.9 Å². The monoisotopic (exact) mass is 498 g/mol. The van der Waals surface area contributed by atoms with Crippen LogP contribution in [0, 0.1) is 5.92 Å². The molecule has 3 aromatic rings. The lowest BCUT2D eigenvalue weighted by molar-refractivity contribution is 0.122. The van der Waals surface area contributed by atoms with E-state index in [-0.39, 0.29) is 12.4 Å². The molecule has 2 fully saturated rings. The predicted octanol–water partition coefficient (Wildman–Crippen LogP) is 3.26. The smallest absolute Gasteiger partial charge is 0.179 e. The predicted molar refractivity (Wildman–Crippen MR) is 142 cm³/mol. The molecule has 5 heterocycles. The highest BCUT2D eigenvalue weighted by Gasteiger charge is 2.40. The lowest BCUT2D eigenvalue weighted by Crippen LogP contribution is -2.41. The van der Waals surface area contributed by atoms with Gasteiger partial charge in [0.15, 0.2) is 28.5 Å². The van der Waals surface area contributed by atoms with Gasteiger partial charge in [-0.25, -0.2) is 15.0 Å². The van der Waals surface area contributed by atoms with Gasteiger partial charge in [0.05, 0.1) is 24.6 Å². The number of hydrogen-bond acceptors (Lipinski definition) is 8. The first-order valence-corrected chi connectivity index (χ1v) is 12.6. The fraction of sp³-hybridized carbons (Fsp3) is 0.560. The zero-order valence-corrected chi connectivity index (χ0v) is 21.3. The summed E-state index contributed by atoms with van der Waals surface area (Å²) in [5.41, 5.74) is 3.41. The van der Waals surface area contributed by atoms with Crippen molar-refractivity contribution < 1.29 is 4.74 Å². The molecule has 0 amide bonds. The molecule has 0 bridgehead atoms. The number of ether oxygens (including phenoxy) is 1. The van der Waals surface area contributed by atoms with Gasteiger partial charge in [0.2, 0.25) is 0 Å². The highest BCUT2D eigenvalue weighted by molar-refractivity contribution is 5.86. The third-order valence-electron chi connectivity index (χ3n) is 7.57. The second-order valence-corrected chi connectivity index (χ2v) is 9.68. The van der Waals surface area contributed by atoms with E-state index in [9.17, 15) is 0 Å². The van der Waals surface area contributed by atoms with Gasteiger partial charge in [-0.3, -0.25) is 0 Å². The minimum absolute atomic E-state index is 0. The van der Waals surface area contributed by atoms with Crippen LogP contribution in [0.4, 0.5) is 17.2 Å². The fourth-order valence-electron chi connectivity index (χ4n) is 5.44. The Morgan fingerprint density at radius 1 is 1.03 bits per heavy atom. The van der Waals surface area contributed by atoms with E-state index in [2.05, 4.69) is 63.7 Å². The second-order valence-electron chi connectivity index (χ2n) is 9.68. The number of aromatic nitrogens is 4. The van der Waals surface area contributed by atoms with Crippen LogP contribution in [0.5, 0.6) is 0 Å². The van der Waals surface area contributed by atoms with Gasteiger partial charge in [-0.05, 0) is 50.4 Å². The number of fused-ring (bicyclic) bond motifs is 2. The van der Waals surface area contributed by atoms with E-state index in [1.807, 2.05) is 0 Å². The van der Waals surface area contributed by atoms with Gasteiger partial charge in [-0.2, -0.15) is 0 Å². The first kappa shape index (κ1) is 24.1. The van der Waals surface area contributed by atoms with Crippen LogP contribution in [-0.4, -0.2) is 58.9 Å². The number of anilines is 3. The highest BCUT2D eigenvalue weighted by atomic mass is 35.5. The molecule has 3 aliphatic rings. The van der Waals surface area contributed by atoms with Crippen molar-refractivity contribution >= 4 is 40.8 Å². The molecule has 0 spiro atoms. The summed E-state index contributed by atoms with van der Waals surface area (Å²) in [7, 11) is 2.11.